The van der Waals surface area contributed by atoms with Crippen molar-refractivity contribution in [2.45, 2.75) is 79.1 Å². The molecule has 0 aliphatic carbocycles. The Kier molecular flexibility index (Phi) is 12.0. The van der Waals surface area contributed by atoms with Crippen molar-refractivity contribution in [3.63, 3.8) is 0 Å². The summed E-state index contributed by atoms with van der Waals surface area (Å²) in [5, 5.41) is 21.9. The summed E-state index contributed by atoms with van der Waals surface area (Å²) in [5.74, 6) is 3.27. The van der Waals surface area contributed by atoms with Crippen LogP contribution in [0, 0.1) is 11.8 Å². The fourth-order valence-electron chi connectivity index (χ4n) is 5.22. The highest BCUT2D eigenvalue weighted by Gasteiger charge is 2.19. The Hall–Kier alpha value is -4.07. The summed E-state index contributed by atoms with van der Waals surface area (Å²) in [6.07, 6.45) is 10.9. The van der Waals surface area contributed by atoms with E-state index in [2.05, 4.69) is 27.7 Å². The molecule has 8 heteroatoms. The second-order valence-corrected chi connectivity index (χ2v) is 11.6. The van der Waals surface area contributed by atoms with Gasteiger partial charge in [-0.15, -0.1) is 0 Å². The van der Waals surface area contributed by atoms with Crippen LogP contribution in [0.15, 0.2) is 54.7 Å². The molecule has 4 rings (SSSR count). The summed E-state index contributed by atoms with van der Waals surface area (Å²) in [6.45, 7) is 9.99. The molecule has 0 spiro atoms. The molecule has 0 radical (unpaired) electrons. The molecule has 2 N–H and O–H groups in total. The Morgan fingerprint density at radius 1 is 0.682 bits per heavy atom. The van der Waals surface area contributed by atoms with Crippen LogP contribution in [0.1, 0.15) is 79.1 Å². The lowest BCUT2D eigenvalue weighted by Gasteiger charge is -2.17. The number of hydrogen-bond acceptors (Lipinski definition) is 7. The van der Waals surface area contributed by atoms with E-state index in [4.69, 9.17) is 24.4 Å². The van der Waals surface area contributed by atoms with E-state index in [0.29, 0.717) is 53.5 Å². The standard InChI is InChI=1S/C36H48N4O4/c1-6-10-13-25(8-3)23-43-27-16-18-32(41)29(21-27)34-37-35(39-36(38-34)31-15-12-20-40(31)5)30-22-28(17-19-33(30)42)44-24-26(9-4)14-11-7-2/h12,15-22,25-26,41-42H,6-11,13-14,23-24H2,1-5H3. The first-order valence-corrected chi connectivity index (χ1v) is 16.2. The van der Waals surface area contributed by atoms with Crippen molar-refractivity contribution in [1.29, 1.82) is 0 Å². The van der Waals surface area contributed by atoms with Crippen LogP contribution in [0.5, 0.6) is 23.0 Å². The first-order chi connectivity index (χ1) is 21.4. The summed E-state index contributed by atoms with van der Waals surface area (Å²) in [6, 6.07) is 14.1. The third kappa shape index (κ3) is 8.52. The van der Waals surface area contributed by atoms with Gasteiger partial charge in [0.05, 0.1) is 30.0 Å². The third-order valence-corrected chi connectivity index (χ3v) is 8.28. The van der Waals surface area contributed by atoms with E-state index in [1.165, 1.54) is 12.8 Å². The van der Waals surface area contributed by atoms with Gasteiger partial charge in [0.25, 0.3) is 0 Å². The lowest BCUT2D eigenvalue weighted by molar-refractivity contribution is 0.233. The van der Waals surface area contributed by atoms with E-state index in [1.54, 1.807) is 36.4 Å². The van der Waals surface area contributed by atoms with Gasteiger partial charge in [-0.1, -0.05) is 66.2 Å². The van der Waals surface area contributed by atoms with Crippen molar-refractivity contribution in [2.75, 3.05) is 13.2 Å². The van der Waals surface area contributed by atoms with Crippen molar-refractivity contribution >= 4 is 0 Å². The van der Waals surface area contributed by atoms with Crippen LogP contribution >= 0.6 is 0 Å². The Morgan fingerprint density at radius 3 is 1.57 bits per heavy atom. The average molecular weight is 601 g/mol. The summed E-state index contributed by atoms with van der Waals surface area (Å²) in [4.78, 5) is 14.3. The predicted molar refractivity (Wildman–Crippen MR) is 176 cm³/mol. The molecule has 0 saturated heterocycles. The van der Waals surface area contributed by atoms with Gasteiger partial charge in [-0.25, -0.2) is 15.0 Å². The second kappa shape index (κ2) is 16.1. The van der Waals surface area contributed by atoms with Gasteiger partial charge < -0.3 is 24.3 Å². The Balaban J connectivity index is 1.71. The fraction of sp³-hybridized carbons (Fsp3) is 0.472. The molecule has 236 valence electrons. The van der Waals surface area contributed by atoms with Crippen LogP contribution in [0.4, 0.5) is 0 Å². The van der Waals surface area contributed by atoms with E-state index < -0.39 is 0 Å². The van der Waals surface area contributed by atoms with E-state index in [-0.39, 0.29) is 23.1 Å². The van der Waals surface area contributed by atoms with Crippen LogP contribution in [-0.2, 0) is 7.05 Å². The number of benzene rings is 2. The highest BCUT2D eigenvalue weighted by molar-refractivity contribution is 5.72. The minimum absolute atomic E-state index is 0.0318. The van der Waals surface area contributed by atoms with Gasteiger partial charge >= 0.3 is 0 Å². The Bertz CT molecular complexity index is 1400. The molecular weight excluding hydrogens is 552 g/mol. The number of rotatable bonds is 17. The lowest BCUT2D eigenvalue weighted by Crippen LogP contribution is -2.11. The molecule has 0 bridgehead atoms. The van der Waals surface area contributed by atoms with Crippen molar-refractivity contribution in [3.8, 4) is 57.3 Å². The van der Waals surface area contributed by atoms with E-state index in [1.807, 2.05) is 29.9 Å². The van der Waals surface area contributed by atoms with Crippen LogP contribution < -0.4 is 9.47 Å². The lowest BCUT2D eigenvalue weighted by atomic mass is 10.0. The molecule has 8 nitrogen and oxygen atoms in total. The van der Waals surface area contributed by atoms with Crippen molar-refractivity contribution in [3.05, 3.63) is 54.7 Å². The van der Waals surface area contributed by atoms with Gasteiger partial charge in [-0.3, -0.25) is 0 Å². The highest BCUT2D eigenvalue weighted by atomic mass is 16.5. The topological polar surface area (TPSA) is 103 Å². The summed E-state index contributed by atoms with van der Waals surface area (Å²) < 4.78 is 14.3. The number of ether oxygens (including phenoxy) is 2. The molecule has 4 aromatic rings. The zero-order chi connectivity index (χ0) is 31.5. The van der Waals surface area contributed by atoms with Crippen LogP contribution in [0.3, 0.4) is 0 Å². The predicted octanol–water partition coefficient (Wildman–Crippen LogP) is 8.81. The summed E-state index contributed by atoms with van der Waals surface area (Å²) in [5.41, 5.74) is 1.63. The number of unbranched alkanes of at least 4 members (excludes halogenated alkanes) is 2. The van der Waals surface area contributed by atoms with E-state index in [0.717, 1.165) is 44.2 Å². The number of phenols is 2. The Labute approximate surface area is 262 Å². The number of hydrogen-bond donors (Lipinski definition) is 2. The quantitative estimate of drug-likeness (QED) is 0.125. The number of phenolic OH excluding ortho intramolecular Hbond substituents is 2. The van der Waals surface area contributed by atoms with Gasteiger partial charge in [-0.2, -0.15) is 0 Å². The SMILES string of the molecule is CCCCC(CC)COc1ccc(O)c(-c2nc(-c3cc(OCC(CC)CCCC)ccc3O)nc(-c3cccn3C)n2)c1. The van der Waals surface area contributed by atoms with Crippen LogP contribution in [-0.4, -0.2) is 42.9 Å². The van der Waals surface area contributed by atoms with Crippen molar-refractivity contribution < 1.29 is 19.7 Å². The second-order valence-electron chi connectivity index (χ2n) is 11.6. The largest absolute Gasteiger partial charge is 0.507 e. The smallest absolute Gasteiger partial charge is 0.180 e. The molecule has 2 atom stereocenters. The monoisotopic (exact) mass is 600 g/mol. The van der Waals surface area contributed by atoms with Crippen molar-refractivity contribution in [2.24, 2.45) is 18.9 Å². The zero-order valence-corrected chi connectivity index (χ0v) is 26.9. The molecule has 2 aromatic heterocycles. The maximum absolute atomic E-state index is 10.9. The molecule has 2 heterocycles. The number of aromatic nitrogens is 4. The van der Waals surface area contributed by atoms with Crippen LogP contribution in [0.2, 0.25) is 0 Å². The molecule has 0 fully saturated rings. The molecule has 2 unspecified atom stereocenters. The van der Waals surface area contributed by atoms with Crippen molar-refractivity contribution in [1.82, 2.24) is 19.5 Å². The number of aryl methyl sites for hydroxylation is 1. The van der Waals surface area contributed by atoms with Crippen LogP contribution in [0.25, 0.3) is 34.3 Å². The van der Waals surface area contributed by atoms with Gasteiger partial charge in [-0.05, 0) is 73.2 Å². The fourth-order valence-corrected chi connectivity index (χ4v) is 5.22. The molecule has 0 aliphatic heterocycles. The first kappa shape index (κ1) is 32.8. The molecular formula is C36H48N4O4. The Morgan fingerprint density at radius 2 is 1.16 bits per heavy atom. The minimum atomic E-state index is 0.0318. The minimum Gasteiger partial charge on any atom is -0.507 e. The van der Waals surface area contributed by atoms with Gasteiger partial charge in [0.2, 0.25) is 0 Å². The summed E-state index contributed by atoms with van der Waals surface area (Å²) >= 11 is 0. The molecule has 0 amide bonds. The maximum Gasteiger partial charge on any atom is 0.180 e. The maximum atomic E-state index is 10.9. The first-order valence-electron chi connectivity index (χ1n) is 16.2. The summed E-state index contributed by atoms with van der Waals surface area (Å²) in [7, 11) is 1.92. The third-order valence-electron chi connectivity index (χ3n) is 8.28. The highest BCUT2D eigenvalue weighted by Crippen LogP contribution is 2.36. The average Bonchev–Trinajstić information content (AvgIpc) is 3.48. The van der Waals surface area contributed by atoms with E-state index >= 15 is 0 Å². The van der Waals surface area contributed by atoms with Gasteiger partial charge in [0.1, 0.15) is 23.0 Å². The molecule has 0 saturated carbocycles. The van der Waals surface area contributed by atoms with E-state index in [9.17, 15) is 10.2 Å². The zero-order valence-electron chi connectivity index (χ0n) is 26.9. The number of aromatic hydroxyl groups is 2. The van der Waals surface area contributed by atoms with Gasteiger partial charge in [0.15, 0.2) is 17.5 Å². The molecule has 44 heavy (non-hydrogen) atoms. The number of nitrogens with zero attached hydrogens (tertiary/aromatic N) is 4. The normalized spacial score (nSPS) is 12.7. The molecule has 0 aliphatic rings. The molecule has 2 aromatic carbocycles. The van der Waals surface area contributed by atoms with Gasteiger partial charge in [0, 0.05) is 13.2 Å².